The summed E-state index contributed by atoms with van der Waals surface area (Å²) in [6.45, 7) is 0. The van der Waals surface area contributed by atoms with Crippen LogP contribution < -0.4 is 15.8 Å². The molecule has 9 heteroatoms. The highest BCUT2D eigenvalue weighted by molar-refractivity contribution is 7.92. The molecule has 0 aliphatic heterocycles. The summed E-state index contributed by atoms with van der Waals surface area (Å²) in [6.07, 6.45) is 0.0528. The van der Waals surface area contributed by atoms with E-state index in [-0.39, 0.29) is 22.8 Å². The number of nitrogens with two attached hydrogens (primary N) is 1. The molecule has 7 nitrogen and oxygen atoms in total. The fraction of sp³-hybridized carbons (Fsp3) is 0.0909. The summed E-state index contributed by atoms with van der Waals surface area (Å²) in [6, 6.07) is 20.7. The minimum absolute atomic E-state index is 0.0146. The van der Waals surface area contributed by atoms with E-state index in [4.69, 9.17) is 23.1 Å². The molecule has 0 saturated carbocycles. The van der Waals surface area contributed by atoms with Crippen LogP contribution in [0.2, 0.25) is 0 Å². The van der Waals surface area contributed by atoms with Gasteiger partial charge in [0.25, 0.3) is 10.0 Å². The Bertz CT molecular complexity index is 1210. The number of aliphatic carboxylic acids is 1. The summed E-state index contributed by atoms with van der Waals surface area (Å²) in [5.41, 5.74) is 8.32. The van der Waals surface area contributed by atoms with Crippen molar-refractivity contribution in [3.8, 4) is 11.1 Å². The van der Waals surface area contributed by atoms with E-state index < -0.39 is 16.0 Å². The number of para-hydroxylation sites is 1. The average molecular weight is 456 g/mol. The molecule has 0 heterocycles. The molecule has 0 fully saturated rings. The number of thiocarbonyl (C=S) groups is 1. The first-order valence-corrected chi connectivity index (χ1v) is 11.2. The van der Waals surface area contributed by atoms with Gasteiger partial charge >= 0.3 is 5.97 Å². The van der Waals surface area contributed by atoms with Gasteiger partial charge in [-0.25, -0.2) is 8.42 Å². The van der Waals surface area contributed by atoms with Crippen molar-refractivity contribution >= 4 is 44.7 Å². The molecule has 0 atom stereocenters. The van der Waals surface area contributed by atoms with Gasteiger partial charge < -0.3 is 16.2 Å². The summed E-state index contributed by atoms with van der Waals surface area (Å²) in [7, 11) is -3.98. The number of anilines is 2. The van der Waals surface area contributed by atoms with Crippen LogP contribution in [-0.4, -0.2) is 24.6 Å². The SMILES string of the molecule is NC(=S)Nc1cccc(S(=O)(=O)Nc2c(CCC(=O)O)cccc2-c2ccccc2)c1. The van der Waals surface area contributed by atoms with E-state index in [1.54, 1.807) is 30.3 Å². The Morgan fingerprint density at radius 2 is 1.71 bits per heavy atom. The summed E-state index contributed by atoms with van der Waals surface area (Å²) < 4.78 is 29.1. The van der Waals surface area contributed by atoms with Gasteiger partial charge in [-0.1, -0.05) is 54.6 Å². The predicted molar refractivity (Wildman–Crippen MR) is 125 cm³/mol. The van der Waals surface area contributed by atoms with Crippen LogP contribution in [-0.2, 0) is 21.2 Å². The topological polar surface area (TPSA) is 122 Å². The van der Waals surface area contributed by atoms with Gasteiger partial charge in [-0.2, -0.15) is 0 Å². The Labute approximate surface area is 186 Å². The van der Waals surface area contributed by atoms with Crippen LogP contribution in [0, 0.1) is 0 Å². The third kappa shape index (κ3) is 5.80. The van der Waals surface area contributed by atoms with Crippen molar-refractivity contribution < 1.29 is 18.3 Å². The van der Waals surface area contributed by atoms with Crippen molar-refractivity contribution in [1.29, 1.82) is 0 Å². The van der Waals surface area contributed by atoms with Gasteiger partial charge in [0, 0.05) is 17.7 Å². The van der Waals surface area contributed by atoms with Crippen molar-refractivity contribution in [3.05, 3.63) is 78.4 Å². The fourth-order valence-electron chi connectivity index (χ4n) is 3.11. The molecular weight excluding hydrogens is 434 g/mol. The molecule has 5 N–H and O–H groups in total. The highest BCUT2D eigenvalue weighted by Gasteiger charge is 2.20. The lowest BCUT2D eigenvalue weighted by Crippen LogP contribution is -2.20. The standard InChI is InChI=1S/C22H21N3O4S2/c23-22(30)24-17-9-5-10-18(14-17)31(28,29)25-21-16(12-13-20(26)27)8-4-11-19(21)15-6-2-1-3-7-15/h1-11,14,25H,12-13H2,(H,26,27)(H3,23,24,30). The van der Waals surface area contributed by atoms with Crippen LogP contribution >= 0.6 is 12.2 Å². The number of carboxylic acids is 1. The summed E-state index contributed by atoms with van der Waals surface area (Å²) in [5.74, 6) is -0.963. The van der Waals surface area contributed by atoms with E-state index in [0.717, 1.165) is 5.56 Å². The highest BCUT2D eigenvalue weighted by atomic mass is 32.2. The van der Waals surface area contributed by atoms with E-state index in [9.17, 15) is 13.2 Å². The molecular formula is C22H21N3O4S2. The third-order valence-electron chi connectivity index (χ3n) is 4.49. The molecule has 3 aromatic carbocycles. The average Bonchev–Trinajstić information content (AvgIpc) is 2.73. The molecule has 31 heavy (non-hydrogen) atoms. The molecule has 0 amide bonds. The second-order valence-electron chi connectivity index (χ2n) is 6.72. The molecule has 0 aliphatic carbocycles. The number of aryl methyl sites for hydroxylation is 1. The normalized spacial score (nSPS) is 11.0. The number of carbonyl (C=O) groups is 1. The molecule has 0 unspecified atom stereocenters. The maximum Gasteiger partial charge on any atom is 0.303 e. The predicted octanol–water partition coefficient (Wildman–Crippen LogP) is 3.83. The van der Waals surface area contributed by atoms with Crippen LogP contribution in [0.15, 0.2) is 77.7 Å². The van der Waals surface area contributed by atoms with Gasteiger partial charge in [0.2, 0.25) is 0 Å². The van der Waals surface area contributed by atoms with Gasteiger partial charge in [-0.15, -0.1) is 0 Å². The van der Waals surface area contributed by atoms with Crippen LogP contribution in [0.5, 0.6) is 0 Å². The van der Waals surface area contributed by atoms with Gasteiger partial charge in [-0.3, -0.25) is 9.52 Å². The van der Waals surface area contributed by atoms with Crippen LogP contribution in [0.1, 0.15) is 12.0 Å². The van der Waals surface area contributed by atoms with E-state index >= 15 is 0 Å². The molecule has 0 spiro atoms. The van der Waals surface area contributed by atoms with Crippen molar-refractivity contribution in [3.63, 3.8) is 0 Å². The minimum atomic E-state index is -3.98. The van der Waals surface area contributed by atoms with Crippen molar-refractivity contribution in [2.24, 2.45) is 5.73 Å². The molecule has 0 aliphatic rings. The Balaban J connectivity index is 2.06. The van der Waals surface area contributed by atoms with Gasteiger partial charge in [0.05, 0.1) is 10.6 Å². The van der Waals surface area contributed by atoms with E-state index in [0.29, 0.717) is 22.5 Å². The minimum Gasteiger partial charge on any atom is -0.481 e. The second kappa shape index (κ2) is 9.59. The van der Waals surface area contributed by atoms with Crippen molar-refractivity contribution in [2.75, 3.05) is 10.0 Å². The quantitative estimate of drug-likeness (QED) is 0.381. The molecule has 3 aromatic rings. The lowest BCUT2D eigenvalue weighted by atomic mass is 9.98. The number of sulfonamides is 1. The zero-order valence-corrected chi connectivity index (χ0v) is 18.0. The zero-order chi connectivity index (χ0) is 22.4. The Kier molecular flexibility index (Phi) is 6.88. The number of hydrogen-bond donors (Lipinski definition) is 4. The third-order valence-corrected chi connectivity index (χ3v) is 5.94. The van der Waals surface area contributed by atoms with Crippen LogP contribution in [0.4, 0.5) is 11.4 Å². The smallest absolute Gasteiger partial charge is 0.303 e. The number of rotatable bonds is 8. The Morgan fingerprint density at radius 3 is 2.39 bits per heavy atom. The molecule has 160 valence electrons. The summed E-state index contributed by atoms with van der Waals surface area (Å²) >= 11 is 4.81. The molecule has 0 bridgehead atoms. The monoisotopic (exact) mass is 455 g/mol. The number of carboxylic acid groups (broad SMARTS) is 1. The Hall–Kier alpha value is -3.43. The van der Waals surface area contributed by atoms with E-state index in [1.165, 1.54) is 12.1 Å². The van der Waals surface area contributed by atoms with Crippen LogP contribution in [0.3, 0.4) is 0 Å². The molecule has 0 saturated heterocycles. The highest BCUT2D eigenvalue weighted by Crippen LogP contribution is 2.33. The summed E-state index contributed by atoms with van der Waals surface area (Å²) in [5, 5.41) is 11.8. The number of hydrogen-bond acceptors (Lipinski definition) is 4. The maximum atomic E-state index is 13.2. The second-order valence-corrected chi connectivity index (χ2v) is 8.84. The van der Waals surface area contributed by atoms with Gasteiger partial charge in [0.15, 0.2) is 5.11 Å². The molecule has 0 aromatic heterocycles. The van der Waals surface area contributed by atoms with Crippen molar-refractivity contribution in [1.82, 2.24) is 0 Å². The largest absolute Gasteiger partial charge is 0.481 e. The van der Waals surface area contributed by atoms with Crippen LogP contribution in [0.25, 0.3) is 11.1 Å². The number of nitrogens with one attached hydrogen (secondary N) is 2. The van der Waals surface area contributed by atoms with Gasteiger partial charge in [-0.05, 0) is 48.0 Å². The Morgan fingerprint density at radius 1 is 1.00 bits per heavy atom. The molecule has 3 rings (SSSR count). The van der Waals surface area contributed by atoms with Gasteiger partial charge in [0.1, 0.15) is 0 Å². The maximum absolute atomic E-state index is 13.2. The summed E-state index contributed by atoms with van der Waals surface area (Å²) in [4.78, 5) is 11.1. The first kappa shape index (κ1) is 22.3. The first-order valence-electron chi connectivity index (χ1n) is 9.35. The molecule has 0 radical (unpaired) electrons. The lowest BCUT2D eigenvalue weighted by molar-refractivity contribution is -0.136. The zero-order valence-electron chi connectivity index (χ0n) is 16.4. The number of benzene rings is 3. The van der Waals surface area contributed by atoms with E-state index in [2.05, 4.69) is 10.0 Å². The fourth-order valence-corrected chi connectivity index (χ4v) is 4.39. The lowest BCUT2D eigenvalue weighted by Gasteiger charge is -2.17. The first-order chi connectivity index (χ1) is 14.8. The van der Waals surface area contributed by atoms with Crippen molar-refractivity contribution in [2.45, 2.75) is 17.7 Å². The van der Waals surface area contributed by atoms with E-state index in [1.807, 2.05) is 30.3 Å².